The molecule has 1 aromatic rings. The first-order valence-electron chi connectivity index (χ1n) is 6.70. The number of primary amides is 1. The molecule has 1 aromatic carbocycles. The lowest BCUT2D eigenvalue weighted by atomic mass is 9.88. The molecule has 0 fully saturated rings. The van der Waals surface area contributed by atoms with Crippen LogP contribution in [0.2, 0.25) is 0 Å². The number of carbonyl (C=O) groups excluding carboxylic acids is 1. The van der Waals surface area contributed by atoms with Crippen molar-refractivity contribution in [3.63, 3.8) is 0 Å². The monoisotopic (exact) mass is 313 g/mol. The van der Waals surface area contributed by atoms with Gasteiger partial charge in [0.25, 0.3) is 0 Å². The number of amides is 1. The average molecular weight is 313 g/mol. The second kappa shape index (κ2) is 6.55. The molecule has 0 radical (unpaired) electrons. The lowest BCUT2D eigenvalue weighted by Crippen LogP contribution is -2.42. The molecule has 1 rings (SSSR count). The van der Waals surface area contributed by atoms with Crippen LogP contribution >= 0.6 is 0 Å². The number of nitrogens with zero attached hydrogens (tertiary/aromatic N) is 1. The van der Waals surface area contributed by atoms with Gasteiger partial charge in [-0.2, -0.15) is 0 Å². The number of rotatable bonds is 7. The summed E-state index contributed by atoms with van der Waals surface area (Å²) in [5.74, 6) is -0.413. The van der Waals surface area contributed by atoms with Gasteiger partial charge in [-0.25, -0.2) is 12.7 Å². The number of hydrogen-bond acceptors (Lipinski definition) is 4. The van der Waals surface area contributed by atoms with Crippen molar-refractivity contribution in [2.45, 2.75) is 30.7 Å². The molecule has 1 unspecified atom stereocenters. The summed E-state index contributed by atoms with van der Waals surface area (Å²) in [5.41, 5.74) is 5.51. The van der Waals surface area contributed by atoms with E-state index in [1.54, 1.807) is 24.3 Å². The van der Waals surface area contributed by atoms with Crippen LogP contribution in [-0.4, -0.2) is 39.3 Å². The Balaban J connectivity index is 3.18. The topological polar surface area (TPSA) is 92.5 Å². The normalized spacial score (nSPS) is 14.9. The molecule has 0 spiro atoms. The Morgan fingerprint density at radius 2 is 1.81 bits per heavy atom. The van der Waals surface area contributed by atoms with E-state index in [2.05, 4.69) is 5.32 Å². The molecule has 0 bridgehead atoms. The largest absolute Gasteiger partial charge is 0.370 e. The lowest BCUT2D eigenvalue weighted by Gasteiger charge is -2.30. The summed E-state index contributed by atoms with van der Waals surface area (Å²) in [6.07, 6.45) is 0.140. The van der Waals surface area contributed by atoms with E-state index < -0.39 is 21.5 Å². The molecule has 0 saturated carbocycles. The van der Waals surface area contributed by atoms with Gasteiger partial charge in [-0.3, -0.25) is 4.79 Å². The summed E-state index contributed by atoms with van der Waals surface area (Å²) in [6.45, 7) is 4.47. The summed E-state index contributed by atoms with van der Waals surface area (Å²) >= 11 is 0. The van der Waals surface area contributed by atoms with E-state index in [1.165, 1.54) is 14.1 Å². The van der Waals surface area contributed by atoms with Crippen molar-refractivity contribution in [3.05, 3.63) is 29.8 Å². The van der Waals surface area contributed by atoms with E-state index in [-0.39, 0.29) is 11.3 Å². The Labute approximate surface area is 126 Å². The van der Waals surface area contributed by atoms with Gasteiger partial charge in [0.2, 0.25) is 15.9 Å². The van der Waals surface area contributed by atoms with E-state index in [1.807, 2.05) is 13.8 Å². The molecule has 118 valence electrons. The molecule has 0 aliphatic heterocycles. The number of nitrogens with two attached hydrogens (primary N) is 1. The molecule has 6 nitrogen and oxygen atoms in total. The molecule has 0 aromatic heterocycles. The van der Waals surface area contributed by atoms with E-state index in [0.29, 0.717) is 6.54 Å². The first kappa shape index (κ1) is 17.6. The summed E-state index contributed by atoms with van der Waals surface area (Å²) in [4.78, 5) is 11.5. The van der Waals surface area contributed by atoms with Crippen LogP contribution in [0.3, 0.4) is 0 Å². The van der Waals surface area contributed by atoms with Crippen LogP contribution in [0.4, 0.5) is 0 Å². The van der Waals surface area contributed by atoms with Gasteiger partial charge in [0.05, 0.1) is 4.90 Å². The highest BCUT2D eigenvalue weighted by Gasteiger charge is 2.28. The van der Waals surface area contributed by atoms with Crippen LogP contribution in [0, 0.1) is 0 Å². The SMILES string of the molecule is CCNC(C)(CC(N)=O)c1ccc(S(=O)(=O)N(C)C)cc1. The van der Waals surface area contributed by atoms with Gasteiger partial charge in [0.1, 0.15) is 0 Å². The Hall–Kier alpha value is -1.44. The third-order valence-electron chi connectivity index (χ3n) is 3.36. The Kier molecular flexibility index (Phi) is 5.49. The van der Waals surface area contributed by atoms with Crippen molar-refractivity contribution in [1.82, 2.24) is 9.62 Å². The summed E-state index contributed by atoms with van der Waals surface area (Å²) in [6, 6.07) is 6.51. The minimum atomic E-state index is -3.45. The van der Waals surface area contributed by atoms with E-state index in [9.17, 15) is 13.2 Å². The fourth-order valence-corrected chi connectivity index (χ4v) is 3.11. The Bertz CT molecular complexity index is 596. The third-order valence-corrected chi connectivity index (χ3v) is 5.19. The Morgan fingerprint density at radius 3 is 2.19 bits per heavy atom. The number of hydrogen-bond donors (Lipinski definition) is 2. The second-order valence-electron chi connectivity index (χ2n) is 5.32. The average Bonchev–Trinajstić information content (AvgIpc) is 2.38. The van der Waals surface area contributed by atoms with Crippen LogP contribution in [-0.2, 0) is 20.4 Å². The highest BCUT2D eigenvalue weighted by Crippen LogP contribution is 2.26. The molecular weight excluding hydrogens is 290 g/mol. The minimum absolute atomic E-state index is 0.140. The van der Waals surface area contributed by atoms with Crippen LogP contribution < -0.4 is 11.1 Å². The van der Waals surface area contributed by atoms with Gasteiger partial charge in [-0.15, -0.1) is 0 Å². The summed E-state index contributed by atoms with van der Waals surface area (Å²) in [7, 11) is -0.483. The van der Waals surface area contributed by atoms with Crippen molar-refractivity contribution in [3.8, 4) is 0 Å². The predicted octanol–water partition coefficient (Wildman–Crippen LogP) is 0.637. The maximum Gasteiger partial charge on any atom is 0.242 e. The van der Waals surface area contributed by atoms with Crippen molar-refractivity contribution in [1.29, 1.82) is 0 Å². The highest BCUT2D eigenvalue weighted by molar-refractivity contribution is 7.89. The van der Waals surface area contributed by atoms with Crippen LogP contribution in [0.25, 0.3) is 0 Å². The molecule has 3 N–H and O–H groups in total. The zero-order valence-electron chi connectivity index (χ0n) is 12.9. The van der Waals surface area contributed by atoms with Gasteiger partial charge in [-0.1, -0.05) is 19.1 Å². The molecule has 1 amide bonds. The zero-order valence-corrected chi connectivity index (χ0v) is 13.7. The molecule has 0 aliphatic carbocycles. The lowest BCUT2D eigenvalue weighted by molar-refractivity contribution is -0.119. The van der Waals surface area contributed by atoms with E-state index in [4.69, 9.17) is 5.73 Å². The summed E-state index contributed by atoms with van der Waals surface area (Å²) < 4.78 is 25.2. The number of nitrogens with one attached hydrogen (secondary N) is 1. The highest BCUT2D eigenvalue weighted by atomic mass is 32.2. The quantitative estimate of drug-likeness (QED) is 0.772. The zero-order chi connectivity index (χ0) is 16.3. The molecule has 21 heavy (non-hydrogen) atoms. The van der Waals surface area contributed by atoms with E-state index >= 15 is 0 Å². The van der Waals surface area contributed by atoms with Crippen molar-refractivity contribution in [2.75, 3.05) is 20.6 Å². The van der Waals surface area contributed by atoms with Gasteiger partial charge in [0.15, 0.2) is 0 Å². The van der Waals surface area contributed by atoms with Crippen LogP contribution in [0.1, 0.15) is 25.8 Å². The predicted molar refractivity (Wildman–Crippen MR) is 82.2 cm³/mol. The molecule has 0 saturated heterocycles. The Morgan fingerprint density at radius 1 is 1.29 bits per heavy atom. The first-order chi connectivity index (χ1) is 9.63. The maximum absolute atomic E-state index is 12.0. The van der Waals surface area contributed by atoms with Gasteiger partial charge >= 0.3 is 0 Å². The molecule has 7 heteroatoms. The molecule has 0 aliphatic rings. The number of carbonyl (C=O) groups is 1. The van der Waals surface area contributed by atoms with Crippen molar-refractivity contribution in [2.24, 2.45) is 5.73 Å². The van der Waals surface area contributed by atoms with E-state index in [0.717, 1.165) is 9.87 Å². The van der Waals surface area contributed by atoms with Crippen LogP contribution in [0.5, 0.6) is 0 Å². The molecular formula is C14H23N3O3S. The smallest absolute Gasteiger partial charge is 0.242 e. The second-order valence-corrected chi connectivity index (χ2v) is 7.47. The first-order valence-corrected chi connectivity index (χ1v) is 8.14. The number of benzene rings is 1. The molecule has 0 heterocycles. The van der Waals surface area contributed by atoms with Crippen molar-refractivity contribution < 1.29 is 13.2 Å². The third kappa shape index (κ3) is 4.03. The fourth-order valence-electron chi connectivity index (χ4n) is 2.21. The molecule has 1 atom stereocenters. The standard InChI is InChI=1S/C14H23N3O3S/c1-5-16-14(2,10-13(15)18)11-6-8-12(9-7-11)21(19,20)17(3)4/h6-9,16H,5,10H2,1-4H3,(H2,15,18). The fraction of sp³-hybridized carbons (Fsp3) is 0.500. The maximum atomic E-state index is 12.0. The number of sulfonamides is 1. The van der Waals surface area contributed by atoms with Gasteiger partial charge in [0, 0.05) is 26.1 Å². The minimum Gasteiger partial charge on any atom is -0.370 e. The van der Waals surface area contributed by atoms with Gasteiger partial charge in [-0.05, 0) is 31.2 Å². The van der Waals surface area contributed by atoms with Crippen LogP contribution in [0.15, 0.2) is 29.2 Å². The van der Waals surface area contributed by atoms with Crippen molar-refractivity contribution >= 4 is 15.9 Å². The van der Waals surface area contributed by atoms with Gasteiger partial charge < -0.3 is 11.1 Å². The summed E-state index contributed by atoms with van der Waals surface area (Å²) in [5, 5.41) is 3.23.